The van der Waals surface area contributed by atoms with E-state index in [0.29, 0.717) is 11.3 Å². The molecular weight excluding hydrogens is 346 g/mol. The van der Waals surface area contributed by atoms with Crippen molar-refractivity contribution in [2.24, 2.45) is 0 Å². The summed E-state index contributed by atoms with van der Waals surface area (Å²) in [5.74, 6) is -0.350. The van der Waals surface area contributed by atoms with Gasteiger partial charge in [-0.15, -0.1) is 0 Å². The number of amides is 2. The summed E-state index contributed by atoms with van der Waals surface area (Å²) in [5.41, 5.74) is 2.27. The van der Waals surface area contributed by atoms with Gasteiger partial charge in [0.05, 0.1) is 6.67 Å². The first kappa shape index (κ1) is 17.0. The number of hydrogen-bond acceptors (Lipinski definition) is 6. The molecule has 1 atom stereocenters. The highest BCUT2D eigenvalue weighted by Gasteiger charge is 2.27. The van der Waals surface area contributed by atoms with Crippen molar-refractivity contribution in [3.8, 4) is 0 Å². The summed E-state index contributed by atoms with van der Waals surface area (Å²) in [4.78, 5) is 30.7. The van der Waals surface area contributed by atoms with Crippen molar-refractivity contribution in [2.45, 2.75) is 6.23 Å². The molecule has 0 spiro atoms. The lowest BCUT2D eigenvalue weighted by Crippen LogP contribution is -2.49. The van der Waals surface area contributed by atoms with Gasteiger partial charge in [-0.2, -0.15) is 0 Å². The van der Waals surface area contributed by atoms with E-state index >= 15 is 0 Å². The van der Waals surface area contributed by atoms with E-state index in [9.17, 15) is 9.59 Å². The molecule has 3 heterocycles. The zero-order valence-electron chi connectivity index (χ0n) is 14.5. The molecular formula is C19H19N5O3. The van der Waals surface area contributed by atoms with Crippen LogP contribution in [0.1, 0.15) is 15.9 Å². The van der Waals surface area contributed by atoms with Crippen LogP contribution in [-0.2, 0) is 9.53 Å². The largest absolute Gasteiger partial charge is 0.459 e. The maximum absolute atomic E-state index is 12.5. The Hall–Kier alpha value is -3.39. The number of carbonyl (C=O) groups is 2. The van der Waals surface area contributed by atoms with Crippen LogP contribution in [0.5, 0.6) is 0 Å². The topological polar surface area (TPSA) is 95.6 Å². The Bertz CT molecular complexity index is 861. The van der Waals surface area contributed by atoms with E-state index < -0.39 is 12.1 Å². The van der Waals surface area contributed by atoms with Crippen LogP contribution in [0.3, 0.4) is 0 Å². The molecule has 138 valence electrons. The standard InChI is InChI=1S/C19H19N5O3/c25-17(14-1-3-15(4-2-14)24-10-9-21-12-24)23-19-18(26)22-11-16(27-19)13-5-7-20-8-6-13/h1-8,11,19,21H,9-10,12H2,(H,22,26)(H,23,25). The summed E-state index contributed by atoms with van der Waals surface area (Å²) >= 11 is 0. The van der Waals surface area contributed by atoms with E-state index in [1.54, 1.807) is 36.7 Å². The van der Waals surface area contributed by atoms with Crippen LogP contribution in [0, 0.1) is 0 Å². The smallest absolute Gasteiger partial charge is 0.286 e. The number of pyridine rings is 1. The second-order valence-electron chi connectivity index (χ2n) is 6.19. The number of ether oxygens (including phenoxy) is 1. The molecule has 4 rings (SSSR count). The lowest BCUT2D eigenvalue weighted by molar-refractivity contribution is -0.130. The van der Waals surface area contributed by atoms with Crippen LogP contribution < -0.4 is 20.9 Å². The SMILES string of the molecule is O=C(NC1OC(c2ccncc2)=CNC1=O)c1ccc(N2CCNC2)cc1. The van der Waals surface area contributed by atoms with Gasteiger partial charge in [0.25, 0.3) is 18.0 Å². The molecule has 1 fully saturated rings. The van der Waals surface area contributed by atoms with Gasteiger partial charge < -0.3 is 20.3 Å². The third kappa shape index (κ3) is 3.75. The monoisotopic (exact) mass is 365 g/mol. The summed E-state index contributed by atoms with van der Waals surface area (Å²) in [5, 5.41) is 8.49. The fourth-order valence-corrected chi connectivity index (χ4v) is 2.94. The zero-order valence-corrected chi connectivity index (χ0v) is 14.5. The second-order valence-corrected chi connectivity index (χ2v) is 6.19. The highest BCUT2D eigenvalue weighted by atomic mass is 16.5. The van der Waals surface area contributed by atoms with Gasteiger partial charge in [-0.1, -0.05) is 0 Å². The van der Waals surface area contributed by atoms with Crippen LogP contribution in [0.2, 0.25) is 0 Å². The Morgan fingerprint density at radius 2 is 1.96 bits per heavy atom. The summed E-state index contributed by atoms with van der Waals surface area (Å²) in [6, 6.07) is 10.8. The van der Waals surface area contributed by atoms with E-state index in [-0.39, 0.29) is 5.91 Å². The van der Waals surface area contributed by atoms with E-state index in [2.05, 4.69) is 25.8 Å². The van der Waals surface area contributed by atoms with Gasteiger partial charge in [-0.3, -0.25) is 19.9 Å². The lowest BCUT2D eigenvalue weighted by atomic mass is 10.2. The number of hydrogen-bond donors (Lipinski definition) is 3. The van der Waals surface area contributed by atoms with Crippen molar-refractivity contribution in [1.82, 2.24) is 20.9 Å². The van der Waals surface area contributed by atoms with Gasteiger partial charge in [-0.05, 0) is 36.4 Å². The van der Waals surface area contributed by atoms with Crippen LogP contribution in [-0.4, -0.2) is 42.8 Å². The van der Waals surface area contributed by atoms with Crippen LogP contribution in [0.15, 0.2) is 55.0 Å². The maximum atomic E-state index is 12.5. The number of aromatic nitrogens is 1. The van der Waals surface area contributed by atoms with E-state index in [0.717, 1.165) is 31.0 Å². The Morgan fingerprint density at radius 1 is 1.19 bits per heavy atom. The maximum Gasteiger partial charge on any atom is 0.286 e. The average Bonchev–Trinajstić information content (AvgIpc) is 3.25. The molecule has 3 N–H and O–H groups in total. The number of rotatable bonds is 4. The van der Waals surface area contributed by atoms with Gasteiger partial charge in [-0.25, -0.2) is 0 Å². The Morgan fingerprint density at radius 3 is 2.67 bits per heavy atom. The van der Waals surface area contributed by atoms with Gasteiger partial charge in [0.15, 0.2) is 0 Å². The molecule has 0 bridgehead atoms. The third-order valence-electron chi connectivity index (χ3n) is 4.41. The van der Waals surface area contributed by atoms with E-state index in [1.807, 2.05) is 12.1 Å². The fourth-order valence-electron chi connectivity index (χ4n) is 2.94. The van der Waals surface area contributed by atoms with E-state index in [1.165, 1.54) is 6.20 Å². The Labute approximate surface area is 156 Å². The molecule has 27 heavy (non-hydrogen) atoms. The number of anilines is 1. The predicted octanol–water partition coefficient (Wildman–Crippen LogP) is 0.650. The molecule has 2 aromatic rings. The lowest BCUT2D eigenvalue weighted by Gasteiger charge is -2.25. The van der Waals surface area contributed by atoms with Crippen molar-refractivity contribution in [1.29, 1.82) is 0 Å². The minimum Gasteiger partial charge on any atom is -0.459 e. The first-order valence-electron chi connectivity index (χ1n) is 8.65. The molecule has 1 aromatic carbocycles. The predicted molar refractivity (Wildman–Crippen MR) is 99.4 cm³/mol. The average molecular weight is 365 g/mol. The van der Waals surface area contributed by atoms with Crippen molar-refractivity contribution in [2.75, 3.05) is 24.7 Å². The molecule has 2 amide bonds. The number of nitrogens with one attached hydrogen (secondary N) is 3. The molecule has 1 aromatic heterocycles. The van der Waals surface area contributed by atoms with Crippen LogP contribution >= 0.6 is 0 Å². The molecule has 1 unspecified atom stereocenters. The minimum atomic E-state index is -1.10. The molecule has 0 saturated carbocycles. The molecule has 2 aliphatic heterocycles. The number of nitrogens with zero attached hydrogens (tertiary/aromatic N) is 2. The number of benzene rings is 1. The van der Waals surface area contributed by atoms with Gasteiger partial charge in [0.1, 0.15) is 5.76 Å². The Kier molecular flexibility index (Phi) is 4.71. The summed E-state index contributed by atoms with van der Waals surface area (Å²) < 4.78 is 5.65. The minimum absolute atomic E-state index is 0.378. The zero-order chi connectivity index (χ0) is 18.6. The number of carbonyl (C=O) groups excluding carboxylic acids is 2. The van der Waals surface area contributed by atoms with Crippen molar-refractivity contribution < 1.29 is 14.3 Å². The van der Waals surface area contributed by atoms with Gasteiger partial charge in [0.2, 0.25) is 0 Å². The first-order chi connectivity index (χ1) is 13.2. The third-order valence-corrected chi connectivity index (χ3v) is 4.41. The molecule has 1 saturated heterocycles. The fraction of sp³-hybridized carbons (Fsp3) is 0.211. The van der Waals surface area contributed by atoms with Crippen molar-refractivity contribution in [3.63, 3.8) is 0 Å². The quantitative estimate of drug-likeness (QED) is 0.736. The molecule has 0 radical (unpaired) electrons. The second kappa shape index (κ2) is 7.46. The Balaban J connectivity index is 1.42. The van der Waals surface area contributed by atoms with Crippen molar-refractivity contribution >= 4 is 23.3 Å². The molecule has 0 aliphatic carbocycles. The first-order valence-corrected chi connectivity index (χ1v) is 8.65. The van der Waals surface area contributed by atoms with Crippen LogP contribution in [0.4, 0.5) is 5.69 Å². The van der Waals surface area contributed by atoms with Crippen molar-refractivity contribution in [3.05, 3.63) is 66.1 Å². The molecule has 8 nitrogen and oxygen atoms in total. The highest BCUT2D eigenvalue weighted by molar-refractivity contribution is 5.98. The highest BCUT2D eigenvalue weighted by Crippen LogP contribution is 2.19. The molecule has 8 heteroatoms. The summed E-state index contributed by atoms with van der Waals surface area (Å²) in [6.45, 7) is 2.68. The normalized spacial score (nSPS) is 19.1. The molecule has 2 aliphatic rings. The summed E-state index contributed by atoms with van der Waals surface area (Å²) in [6.07, 6.45) is 3.62. The van der Waals surface area contributed by atoms with Crippen LogP contribution in [0.25, 0.3) is 5.76 Å². The van der Waals surface area contributed by atoms with Gasteiger partial charge >= 0.3 is 0 Å². The van der Waals surface area contributed by atoms with Gasteiger partial charge in [0, 0.05) is 48.5 Å². The van der Waals surface area contributed by atoms with E-state index in [4.69, 9.17) is 4.74 Å². The summed E-state index contributed by atoms with van der Waals surface area (Å²) in [7, 11) is 0.